The van der Waals surface area contributed by atoms with Crippen molar-refractivity contribution in [2.24, 2.45) is 0 Å². The second-order valence-corrected chi connectivity index (χ2v) is 5.18. The van der Waals surface area contributed by atoms with Crippen molar-refractivity contribution in [2.45, 2.75) is 0 Å². The molecule has 0 unspecified atom stereocenters. The Kier molecular flexibility index (Phi) is 5.05. The first kappa shape index (κ1) is 15.6. The maximum Gasteiger partial charge on any atom is 0.336 e. The predicted octanol–water partition coefficient (Wildman–Crippen LogP) is 5.05. The molecular weight excluding hydrogens is 298 g/mol. The fourth-order valence-electron chi connectivity index (χ4n) is 2.17. The topological polar surface area (TPSA) is 38.3 Å². The maximum absolute atomic E-state index is 11.8. The Hall–Kier alpha value is -3.33. The summed E-state index contributed by atoms with van der Waals surface area (Å²) >= 11 is 0. The van der Waals surface area contributed by atoms with Gasteiger partial charge in [0, 0.05) is 17.5 Å². The standard InChI is InChI=1S/C21H17NO2/c23-21(16-11-17-7-3-1-4-8-17)24-20-14-12-19(13-15-20)22-18-9-5-2-6-10-18/h1-16,22H. The van der Waals surface area contributed by atoms with E-state index in [1.165, 1.54) is 6.08 Å². The van der Waals surface area contributed by atoms with Crippen LogP contribution in [-0.2, 0) is 4.79 Å². The van der Waals surface area contributed by atoms with E-state index in [1.54, 1.807) is 18.2 Å². The van der Waals surface area contributed by atoms with Gasteiger partial charge in [0.2, 0.25) is 0 Å². The van der Waals surface area contributed by atoms with E-state index in [0.717, 1.165) is 16.9 Å². The average Bonchev–Trinajstić information content (AvgIpc) is 2.63. The first-order valence-electron chi connectivity index (χ1n) is 7.67. The van der Waals surface area contributed by atoms with Gasteiger partial charge in [-0.1, -0.05) is 48.5 Å². The van der Waals surface area contributed by atoms with Crippen molar-refractivity contribution in [1.29, 1.82) is 0 Å². The number of ether oxygens (including phenoxy) is 1. The highest BCUT2D eigenvalue weighted by atomic mass is 16.5. The van der Waals surface area contributed by atoms with E-state index < -0.39 is 5.97 Å². The highest BCUT2D eigenvalue weighted by Crippen LogP contribution is 2.20. The molecule has 3 rings (SSSR count). The Morgan fingerprint density at radius 1 is 0.750 bits per heavy atom. The summed E-state index contributed by atoms with van der Waals surface area (Å²) in [5, 5.41) is 3.28. The number of esters is 1. The zero-order valence-electron chi connectivity index (χ0n) is 13.1. The van der Waals surface area contributed by atoms with Crippen molar-refractivity contribution in [3.05, 3.63) is 96.6 Å². The Bertz CT molecular complexity index is 809. The van der Waals surface area contributed by atoms with Crippen molar-refractivity contribution in [3.63, 3.8) is 0 Å². The molecule has 3 aromatic carbocycles. The van der Waals surface area contributed by atoms with E-state index in [9.17, 15) is 4.79 Å². The van der Waals surface area contributed by atoms with Crippen LogP contribution in [0.25, 0.3) is 6.08 Å². The number of hydrogen-bond acceptors (Lipinski definition) is 3. The molecule has 0 bridgehead atoms. The second kappa shape index (κ2) is 7.79. The minimum absolute atomic E-state index is 0.400. The summed E-state index contributed by atoms with van der Waals surface area (Å²) in [6, 6.07) is 26.8. The Morgan fingerprint density at radius 2 is 1.33 bits per heavy atom. The average molecular weight is 315 g/mol. The molecule has 118 valence electrons. The zero-order valence-corrected chi connectivity index (χ0v) is 13.1. The normalized spacial score (nSPS) is 10.5. The van der Waals surface area contributed by atoms with Gasteiger partial charge in [0.15, 0.2) is 0 Å². The lowest BCUT2D eigenvalue weighted by Crippen LogP contribution is -2.03. The van der Waals surface area contributed by atoms with Crippen LogP contribution in [0.5, 0.6) is 5.75 Å². The van der Waals surface area contributed by atoms with Crippen molar-refractivity contribution in [2.75, 3.05) is 5.32 Å². The number of rotatable bonds is 5. The summed E-state index contributed by atoms with van der Waals surface area (Å²) in [5.74, 6) is 0.110. The van der Waals surface area contributed by atoms with Crippen LogP contribution in [-0.4, -0.2) is 5.97 Å². The van der Waals surface area contributed by atoms with Crippen LogP contribution < -0.4 is 10.1 Å². The van der Waals surface area contributed by atoms with Crippen molar-refractivity contribution >= 4 is 23.4 Å². The van der Waals surface area contributed by atoms with Crippen molar-refractivity contribution < 1.29 is 9.53 Å². The Labute approximate surface area is 141 Å². The third-order valence-electron chi connectivity index (χ3n) is 3.35. The summed E-state index contributed by atoms with van der Waals surface area (Å²) in [5.41, 5.74) is 2.89. The predicted molar refractivity (Wildman–Crippen MR) is 97.3 cm³/mol. The van der Waals surface area contributed by atoms with Gasteiger partial charge in [-0.15, -0.1) is 0 Å². The fraction of sp³-hybridized carbons (Fsp3) is 0. The number of benzene rings is 3. The summed E-state index contributed by atoms with van der Waals surface area (Å²) < 4.78 is 5.29. The van der Waals surface area contributed by atoms with Gasteiger partial charge in [0.25, 0.3) is 0 Å². The SMILES string of the molecule is O=C(C=Cc1ccccc1)Oc1ccc(Nc2ccccc2)cc1. The number of carbonyl (C=O) groups excluding carboxylic acids is 1. The summed E-state index contributed by atoms with van der Waals surface area (Å²) in [6.45, 7) is 0. The van der Waals surface area contributed by atoms with E-state index in [2.05, 4.69) is 5.32 Å². The molecule has 24 heavy (non-hydrogen) atoms. The molecule has 3 nitrogen and oxygen atoms in total. The first-order valence-corrected chi connectivity index (χ1v) is 7.67. The molecule has 0 amide bonds. The van der Waals surface area contributed by atoms with Gasteiger partial charge in [-0.3, -0.25) is 0 Å². The minimum atomic E-state index is -0.400. The highest BCUT2D eigenvalue weighted by Gasteiger charge is 2.01. The molecule has 0 saturated carbocycles. The van der Waals surface area contributed by atoms with E-state index in [-0.39, 0.29) is 0 Å². The lowest BCUT2D eigenvalue weighted by Gasteiger charge is -2.07. The largest absolute Gasteiger partial charge is 0.423 e. The molecule has 1 N–H and O–H groups in total. The van der Waals surface area contributed by atoms with Crippen LogP contribution in [0.1, 0.15) is 5.56 Å². The van der Waals surface area contributed by atoms with Crippen LogP contribution in [0.2, 0.25) is 0 Å². The molecule has 0 aliphatic heterocycles. The van der Waals surface area contributed by atoms with Gasteiger partial charge in [-0.2, -0.15) is 0 Å². The first-order chi connectivity index (χ1) is 11.8. The molecule has 0 saturated heterocycles. The van der Waals surface area contributed by atoms with Crippen LogP contribution >= 0.6 is 0 Å². The fourth-order valence-corrected chi connectivity index (χ4v) is 2.17. The smallest absolute Gasteiger partial charge is 0.336 e. The summed E-state index contributed by atoms with van der Waals surface area (Å²) in [7, 11) is 0. The molecule has 0 fully saturated rings. The van der Waals surface area contributed by atoms with E-state index in [0.29, 0.717) is 5.75 Å². The second-order valence-electron chi connectivity index (χ2n) is 5.18. The molecule has 0 atom stereocenters. The Morgan fingerprint density at radius 3 is 2.00 bits per heavy atom. The van der Waals surface area contributed by atoms with Gasteiger partial charge in [0.05, 0.1) is 0 Å². The lowest BCUT2D eigenvalue weighted by molar-refractivity contribution is -0.128. The van der Waals surface area contributed by atoms with Crippen LogP contribution in [0.3, 0.4) is 0 Å². The van der Waals surface area contributed by atoms with Crippen molar-refractivity contribution in [1.82, 2.24) is 0 Å². The maximum atomic E-state index is 11.8. The lowest BCUT2D eigenvalue weighted by atomic mass is 10.2. The summed E-state index contributed by atoms with van der Waals surface area (Å²) in [4.78, 5) is 11.8. The van der Waals surface area contributed by atoms with Crippen LogP contribution in [0, 0.1) is 0 Å². The van der Waals surface area contributed by atoms with E-state index >= 15 is 0 Å². The van der Waals surface area contributed by atoms with E-state index in [1.807, 2.05) is 72.8 Å². The molecule has 3 heteroatoms. The molecule has 0 aromatic heterocycles. The molecule has 0 aliphatic rings. The molecule has 0 spiro atoms. The summed E-state index contributed by atoms with van der Waals surface area (Å²) in [6.07, 6.45) is 3.15. The minimum Gasteiger partial charge on any atom is -0.423 e. The number of anilines is 2. The molecule has 0 heterocycles. The number of hydrogen-bond donors (Lipinski definition) is 1. The monoisotopic (exact) mass is 315 g/mol. The molecule has 0 radical (unpaired) electrons. The van der Waals surface area contributed by atoms with E-state index in [4.69, 9.17) is 4.74 Å². The molecular formula is C21H17NO2. The van der Waals surface area contributed by atoms with Gasteiger partial charge in [-0.05, 0) is 48.0 Å². The van der Waals surface area contributed by atoms with Gasteiger partial charge >= 0.3 is 5.97 Å². The quantitative estimate of drug-likeness (QED) is 0.407. The van der Waals surface area contributed by atoms with Gasteiger partial charge in [0.1, 0.15) is 5.75 Å². The Balaban J connectivity index is 1.58. The zero-order chi connectivity index (χ0) is 16.6. The molecule has 3 aromatic rings. The number of nitrogens with one attached hydrogen (secondary N) is 1. The molecule has 0 aliphatic carbocycles. The van der Waals surface area contributed by atoms with Crippen LogP contribution in [0.15, 0.2) is 91.0 Å². The number of carbonyl (C=O) groups is 1. The van der Waals surface area contributed by atoms with Crippen LogP contribution in [0.4, 0.5) is 11.4 Å². The highest BCUT2D eigenvalue weighted by molar-refractivity contribution is 5.88. The third kappa shape index (κ3) is 4.58. The van der Waals surface area contributed by atoms with Gasteiger partial charge in [-0.25, -0.2) is 4.79 Å². The van der Waals surface area contributed by atoms with Gasteiger partial charge < -0.3 is 10.1 Å². The van der Waals surface area contributed by atoms with Crippen molar-refractivity contribution in [3.8, 4) is 5.75 Å². The number of para-hydroxylation sites is 1. The third-order valence-corrected chi connectivity index (χ3v) is 3.35.